The van der Waals surface area contributed by atoms with Gasteiger partial charge < -0.3 is 14.7 Å². The van der Waals surface area contributed by atoms with Gasteiger partial charge in [0.25, 0.3) is 5.91 Å². The summed E-state index contributed by atoms with van der Waals surface area (Å²) in [5, 5.41) is 9.94. The van der Waals surface area contributed by atoms with Gasteiger partial charge in [-0.1, -0.05) is 23.7 Å². The molecule has 0 aliphatic heterocycles. The maximum Gasteiger partial charge on any atom is 0.255 e. The lowest BCUT2D eigenvalue weighted by Gasteiger charge is -2.20. The first-order valence-corrected chi connectivity index (χ1v) is 5.61. The van der Waals surface area contributed by atoms with Gasteiger partial charge in [-0.3, -0.25) is 4.79 Å². The molecule has 1 aromatic carbocycles. The molecule has 0 aliphatic carbocycles. The van der Waals surface area contributed by atoms with Gasteiger partial charge in [0.05, 0.1) is 23.3 Å². The predicted molar refractivity (Wildman–Crippen MR) is 66.3 cm³/mol. The standard InChI is InChI=1S/C12H16ClNO3/c1-14(7-9(15)8-17-2)12(16)10-5-3-4-6-11(10)13/h3-6,9,15H,7-8H2,1-2H3. The van der Waals surface area contributed by atoms with E-state index in [-0.39, 0.29) is 19.1 Å². The van der Waals surface area contributed by atoms with E-state index in [1.54, 1.807) is 31.3 Å². The fourth-order valence-electron chi connectivity index (χ4n) is 1.48. The Morgan fingerprint density at radius 2 is 2.18 bits per heavy atom. The zero-order valence-electron chi connectivity index (χ0n) is 9.89. The molecule has 0 heterocycles. The number of aliphatic hydroxyl groups is 1. The van der Waals surface area contributed by atoms with Crippen LogP contribution in [0.15, 0.2) is 24.3 Å². The van der Waals surface area contributed by atoms with Crippen LogP contribution in [0, 0.1) is 0 Å². The van der Waals surface area contributed by atoms with Crippen molar-refractivity contribution in [1.29, 1.82) is 0 Å². The first-order chi connectivity index (χ1) is 8.06. The van der Waals surface area contributed by atoms with Gasteiger partial charge in [-0.05, 0) is 12.1 Å². The maximum atomic E-state index is 12.0. The molecule has 1 unspecified atom stereocenters. The molecule has 1 aromatic rings. The van der Waals surface area contributed by atoms with Gasteiger partial charge in [-0.25, -0.2) is 0 Å². The molecule has 1 amide bonds. The van der Waals surface area contributed by atoms with Gasteiger partial charge in [-0.2, -0.15) is 0 Å². The summed E-state index contributed by atoms with van der Waals surface area (Å²) in [6.45, 7) is 0.401. The number of ether oxygens (including phenoxy) is 1. The van der Waals surface area contributed by atoms with Crippen LogP contribution >= 0.6 is 11.6 Å². The largest absolute Gasteiger partial charge is 0.389 e. The minimum absolute atomic E-state index is 0.195. The van der Waals surface area contributed by atoms with Gasteiger partial charge in [0.1, 0.15) is 0 Å². The number of carbonyl (C=O) groups excluding carboxylic acids is 1. The van der Waals surface area contributed by atoms with E-state index in [2.05, 4.69) is 0 Å². The molecular formula is C12H16ClNO3. The number of halogens is 1. The van der Waals surface area contributed by atoms with Crippen LogP contribution in [-0.2, 0) is 4.74 Å². The van der Waals surface area contributed by atoms with Crippen molar-refractivity contribution in [2.75, 3.05) is 27.3 Å². The number of benzene rings is 1. The highest BCUT2D eigenvalue weighted by molar-refractivity contribution is 6.33. The van der Waals surface area contributed by atoms with E-state index in [0.29, 0.717) is 10.6 Å². The number of aliphatic hydroxyl groups excluding tert-OH is 1. The molecule has 1 atom stereocenters. The van der Waals surface area contributed by atoms with Crippen molar-refractivity contribution in [1.82, 2.24) is 4.90 Å². The Morgan fingerprint density at radius 3 is 2.76 bits per heavy atom. The Labute approximate surface area is 106 Å². The van der Waals surface area contributed by atoms with E-state index in [9.17, 15) is 9.90 Å². The molecule has 94 valence electrons. The SMILES string of the molecule is COCC(O)CN(C)C(=O)c1ccccc1Cl. The molecule has 4 nitrogen and oxygen atoms in total. The molecule has 0 aliphatic rings. The summed E-state index contributed by atoms with van der Waals surface area (Å²) in [7, 11) is 3.11. The molecule has 0 spiro atoms. The fourth-order valence-corrected chi connectivity index (χ4v) is 1.70. The molecule has 0 radical (unpaired) electrons. The lowest BCUT2D eigenvalue weighted by molar-refractivity contribution is 0.0380. The number of rotatable bonds is 5. The highest BCUT2D eigenvalue weighted by atomic mass is 35.5. The average molecular weight is 258 g/mol. The lowest BCUT2D eigenvalue weighted by atomic mass is 10.2. The van der Waals surface area contributed by atoms with E-state index >= 15 is 0 Å². The lowest BCUT2D eigenvalue weighted by Crippen LogP contribution is -2.36. The minimum atomic E-state index is -0.698. The first-order valence-electron chi connectivity index (χ1n) is 5.23. The van der Waals surface area contributed by atoms with Crippen LogP contribution in [0.4, 0.5) is 0 Å². The molecule has 17 heavy (non-hydrogen) atoms. The number of nitrogens with zero attached hydrogens (tertiary/aromatic N) is 1. The Morgan fingerprint density at radius 1 is 1.53 bits per heavy atom. The third kappa shape index (κ3) is 4.00. The fraction of sp³-hybridized carbons (Fsp3) is 0.417. The van der Waals surface area contributed by atoms with Crippen molar-refractivity contribution in [2.24, 2.45) is 0 Å². The summed E-state index contributed by atoms with van der Waals surface area (Å²) in [6.07, 6.45) is -0.698. The second kappa shape index (κ2) is 6.59. The van der Waals surface area contributed by atoms with Crippen LogP contribution in [0.25, 0.3) is 0 Å². The van der Waals surface area contributed by atoms with Crippen molar-refractivity contribution in [3.05, 3.63) is 34.9 Å². The first kappa shape index (κ1) is 14.0. The predicted octanol–water partition coefficient (Wildman–Crippen LogP) is 1.42. The summed E-state index contributed by atoms with van der Waals surface area (Å²) in [4.78, 5) is 13.4. The topological polar surface area (TPSA) is 49.8 Å². The molecular weight excluding hydrogens is 242 g/mol. The number of hydrogen-bond acceptors (Lipinski definition) is 3. The maximum absolute atomic E-state index is 12.0. The quantitative estimate of drug-likeness (QED) is 0.868. The number of amides is 1. The van der Waals surface area contributed by atoms with Crippen molar-refractivity contribution >= 4 is 17.5 Å². The van der Waals surface area contributed by atoms with Crippen molar-refractivity contribution in [2.45, 2.75) is 6.10 Å². The van der Waals surface area contributed by atoms with Crippen molar-refractivity contribution < 1.29 is 14.6 Å². The van der Waals surface area contributed by atoms with Crippen LogP contribution in [-0.4, -0.2) is 49.3 Å². The van der Waals surface area contributed by atoms with Crippen LogP contribution in [0.3, 0.4) is 0 Å². The van der Waals surface area contributed by atoms with Gasteiger partial charge in [0.2, 0.25) is 0 Å². The van der Waals surface area contributed by atoms with Crippen LogP contribution in [0.5, 0.6) is 0 Å². The highest BCUT2D eigenvalue weighted by Crippen LogP contribution is 2.16. The molecule has 0 saturated carbocycles. The molecule has 1 N–H and O–H groups in total. The number of likely N-dealkylation sites (N-methyl/N-ethyl adjacent to an activating group) is 1. The average Bonchev–Trinajstić information content (AvgIpc) is 2.29. The minimum Gasteiger partial charge on any atom is -0.389 e. The Kier molecular flexibility index (Phi) is 5.41. The van der Waals surface area contributed by atoms with Gasteiger partial charge in [-0.15, -0.1) is 0 Å². The van der Waals surface area contributed by atoms with E-state index in [0.717, 1.165) is 0 Å². The van der Waals surface area contributed by atoms with E-state index < -0.39 is 6.10 Å². The zero-order valence-corrected chi connectivity index (χ0v) is 10.6. The number of hydrogen-bond donors (Lipinski definition) is 1. The monoisotopic (exact) mass is 257 g/mol. The second-order valence-corrected chi connectivity index (χ2v) is 4.18. The van der Waals surface area contributed by atoms with Crippen LogP contribution in [0.2, 0.25) is 5.02 Å². The highest BCUT2D eigenvalue weighted by Gasteiger charge is 2.17. The Hall–Kier alpha value is -1.10. The summed E-state index contributed by atoms with van der Waals surface area (Å²) >= 11 is 5.93. The van der Waals surface area contributed by atoms with Crippen molar-refractivity contribution in [3.8, 4) is 0 Å². The van der Waals surface area contributed by atoms with E-state index in [4.69, 9.17) is 16.3 Å². The van der Waals surface area contributed by atoms with Gasteiger partial charge >= 0.3 is 0 Å². The van der Waals surface area contributed by atoms with E-state index in [1.807, 2.05) is 0 Å². The molecule has 0 aromatic heterocycles. The third-order valence-corrected chi connectivity index (χ3v) is 2.62. The second-order valence-electron chi connectivity index (χ2n) is 3.77. The van der Waals surface area contributed by atoms with Crippen molar-refractivity contribution in [3.63, 3.8) is 0 Å². The summed E-state index contributed by atoms with van der Waals surface area (Å²) in [5.74, 6) is -0.217. The Balaban J connectivity index is 2.67. The summed E-state index contributed by atoms with van der Waals surface area (Å²) in [5.41, 5.74) is 0.432. The smallest absolute Gasteiger partial charge is 0.255 e. The third-order valence-electron chi connectivity index (χ3n) is 2.29. The number of methoxy groups -OCH3 is 1. The molecule has 5 heteroatoms. The zero-order chi connectivity index (χ0) is 12.8. The molecule has 0 saturated heterocycles. The normalized spacial score (nSPS) is 12.2. The summed E-state index contributed by atoms with van der Waals surface area (Å²) in [6, 6.07) is 6.83. The summed E-state index contributed by atoms with van der Waals surface area (Å²) < 4.78 is 4.80. The van der Waals surface area contributed by atoms with Crippen LogP contribution < -0.4 is 0 Å². The van der Waals surface area contributed by atoms with E-state index in [1.165, 1.54) is 12.0 Å². The van der Waals surface area contributed by atoms with Crippen LogP contribution in [0.1, 0.15) is 10.4 Å². The van der Waals surface area contributed by atoms with Gasteiger partial charge in [0, 0.05) is 20.7 Å². The molecule has 0 bridgehead atoms. The molecule has 1 rings (SSSR count). The van der Waals surface area contributed by atoms with Gasteiger partial charge in [0.15, 0.2) is 0 Å². The molecule has 0 fully saturated rings. The Bertz CT molecular complexity index is 384. The number of carbonyl (C=O) groups is 1.